The summed E-state index contributed by atoms with van der Waals surface area (Å²) in [5.41, 5.74) is -0.958. The molecule has 0 unspecified atom stereocenters. The number of carbonyl (C=O) groups is 1. The first-order valence-corrected chi connectivity index (χ1v) is 9.12. The Bertz CT molecular complexity index is 1190. The van der Waals surface area contributed by atoms with Crippen LogP contribution in [-0.2, 0) is 17.5 Å². The maximum atomic E-state index is 13.4. The molecule has 5 nitrogen and oxygen atoms in total. The van der Waals surface area contributed by atoms with E-state index in [2.05, 4.69) is 10.3 Å². The summed E-state index contributed by atoms with van der Waals surface area (Å²) in [7, 11) is 0. The molecule has 1 N–H and O–H groups in total. The molecule has 0 fully saturated rings. The van der Waals surface area contributed by atoms with E-state index in [4.69, 9.17) is 0 Å². The topological polar surface area (TPSA) is 64.0 Å². The summed E-state index contributed by atoms with van der Waals surface area (Å²) in [5, 5.41) is 2.53. The molecule has 0 aliphatic carbocycles. The summed E-state index contributed by atoms with van der Waals surface area (Å²) in [6, 6.07) is 7.28. The summed E-state index contributed by atoms with van der Waals surface area (Å²) in [6.45, 7) is 4.75. The Kier molecular flexibility index (Phi) is 5.65. The second-order valence-corrected chi connectivity index (χ2v) is 7.08. The van der Waals surface area contributed by atoms with Gasteiger partial charge in [0.15, 0.2) is 0 Å². The summed E-state index contributed by atoms with van der Waals surface area (Å²) >= 11 is 0. The van der Waals surface area contributed by atoms with E-state index >= 15 is 0 Å². The highest BCUT2D eigenvalue weighted by Gasteiger charge is 2.38. The zero-order valence-corrected chi connectivity index (χ0v) is 16.5. The average Bonchev–Trinajstić information content (AvgIpc) is 2.66. The van der Waals surface area contributed by atoms with Gasteiger partial charge < -0.3 is 5.32 Å². The van der Waals surface area contributed by atoms with Gasteiger partial charge in [0.1, 0.15) is 11.9 Å². The van der Waals surface area contributed by atoms with Crippen molar-refractivity contribution in [2.45, 2.75) is 39.5 Å². The lowest BCUT2D eigenvalue weighted by Gasteiger charge is -2.20. The molecule has 0 saturated heterocycles. The molecule has 1 amide bonds. The smallest absolute Gasteiger partial charge is 0.350 e. The Morgan fingerprint density at radius 2 is 1.83 bits per heavy atom. The second kappa shape index (κ2) is 7.89. The molecule has 1 atom stereocenters. The maximum absolute atomic E-state index is 13.4. The van der Waals surface area contributed by atoms with Crippen molar-refractivity contribution >= 4 is 16.9 Å². The number of alkyl halides is 3. The molecule has 1 aromatic heterocycles. The molecular weight excluding hydrogens is 402 g/mol. The number of nitrogens with zero attached hydrogens (tertiary/aromatic N) is 2. The first-order valence-electron chi connectivity index (χ1n) is 9.12. The monoisotopic (exact) mass is 421 g/mol. The molecule has 0 radical (unpaired) electrons. The Morgan fingerprint density at radius 3 is 2.47 bits per heavy atom. The van der Waals surface area contributed by atoms with Gasteiger partial charge in [-0.25, -0.2) is 9.37 Å². The zero-order chi connectivity index (χ0) is 22.2. The number of amides is 1. The summed E-state index contributed by atoms with van der Waals surface area (Å²) in [5.74, 6) is -1.16. The van der Waals surface area contributed by atoms with Gasteiger partial charge in [-0.05, 0) is 61.7 Å². The van der Waals surface area contributed by atoms with Crippen LogP contribution in [0.1, 0.15) is 35.3 Å². The number of fused-ring (bicyclic) bond motifs is 1. The van der Waals surface area contributed by atoms with Gasteiger partial charge in [0, 0.05) is 6.54 Å². The maximum Gasteiger partial charge on any atom is 0.438 e. The largest absolute Gasteiger partial charge is 0.438 e. The second-order valence-electron chi connectivity index (χ2n) is 7.08. The van der Waals surface area contributed by atoms with Gasteiger partial charge in [0.05, 0.1) is 11.0 Å². The molecule has 0 saturated carbocycles. The predicted octanol–water partition coefficient (Wildman–Crippen LogP) is 4.05. The molecule has 30 heavy (non-hydrogen) atoms. The number of halogens is 4. The van der Waals surface area contributed by atoms with Crippen LogP contribution >= 0.6 is 0 Å². The Hall–Kier alpha value is -3.23. The SMILES string of the molecule is Cc1cc2nc(C(F)(F)F)c(=O)n([C@@H](C)C(=O)NCc3cccc(F)c3)c2cc1C. The third-order valence-electron chi connectivity index (χ3n) is 4.90. The van der Waals surface area contributed by atoms with E-state index in [1.165, 1.54) is 37.3 Å². The van der Waals surface area contributed by atoms with Crippen LogP contribution in [0, 0.1) is 19.7 Å². The van der Waals surface area contributed by atoms with Gasteiger partial charge in [-0.3, -0.25) is 14.2 Å². The summed E-state index contributed by atoms with van der Waals surface area (Å²) in [6.07, 6.45) is -4.97. The molecule has 0 bridgehead atoms. The fraction of sp³-hybridized carbons (Fsp3) is 0.286. The van der Waals surface area contributed by atoms with Crippen molar-refractivity contribution in [3.8, 4) is 0 Å². The van der Waals surface area contributed by atoms with Crippen molar-refractivity contribution in [3.63, 3.8) is 0 Å². The standard InChI is InChI=1S/C21H19F4N3O2/c1-11-7-16-17(8-12(11)2)28(20(30)18(27-16)21(23,24)25)13(3)19(29)26-10-14-5-4-6-15(22)9-14/h4-9,13H,10H2,1-3H3,(H,26,29)/t13-/m0/s1. The molecular formula is C21H19F4N3O2. The number of nitrogens with one attached hydrogen (secondary N) is 1. The van der Waals surface area contributed by atoms with E-state index in [0.29, 0.717) is 11.1 Å². The first kappa shape index (κ1) is 21.5. The molecule has 9 heteroatoms. The molecule has 0 aliphatic rings. The molecule has 0 aliphatic heterocycles. The first-order chi connectivity index (χ1) is 14.0. The number of aromatic nitrogens is 2. The molecule has 3 rings (SSSR count). The van der Waals surface area contributed by atoms with E-state index in [9.17, 15) is 27.2 Å². The summed E-state index contributed by atoms with van der Waals surface area (Å²) < 4.78 is 54.3. The van der Waals surface area contributed by atoms with Gasteiger partial charge >= 0.3 is 6.18 Å². The molecule has 2 aromatic carbocycles. The highest BCUT2D eigenvalue weighted by molar-refractivity contribution is 5.84. The lowest BCUT2D eigenvalue weighted by atomic mass is 10.1. The van der Waals surface area contributed by atoms with Crippen LogP contribution in [0.3, 0.4) is 0 Å². The number of benzene rings is 2. The lowest BCUT2D eigenvalue weighted by Crippen LogP contribution is -2.39. The van der Waals surface area contributed by atoms with Crippen molar-refractivity contribution in [2.24, 2.45) is 0 Å². The van der Waals surface area contributed by atoms with Crippen LogP contribution in [0.2, 0.25) is 0 Å². The highest BCUT2D eigenvalue weighted by Crippen LogP contribution is 2.28. The minimum absolute atomic E-state index is 0.0326. The Morgan fingerprint density at radius 1 is 1.17 bits per heavy atom. The molecule has 158 valence electrons. The van der Waals surface area contributed by atoms with Crippen LogP contribution in [0.4, 0.5) is 17.6 Å². The van der Waals surface area contributed by atoms with Gasteiger partial charge in [-0.15, -0.1) is 0 Å². The van der Waals surface area contributed by atoms with Crippen LogP contribution in [0.15, 0.2) is 41.2 Å². The number of aryl methyl sites for hydroxylation is 2. The van der Waals surface area contributed by atoms with Crippen molar-refractivity contribution < 1.29 is 22.4 Å². The number of carbonyl (C=O) groups excluding carboxylic acids is 1. The minimum Gasteiger partial charge on any atom is -0.350 e. The molecule has 1 heterocycles. The average molecular weight is 421 g/mol. The fourth-order valence-corrected chi connectivity index (χ4v) is 3.13. The number of rotatable bonds is 4. The van der Waals surface area contributed by atoms with Gasteiger partial charge in [-0.2, -0.15) is 13.2 Å². The van der Waals surface area contributed by atoms with Crippen LogP contribution in [-0.4, -0.2) is 15.5 Å². The van der Waals surface area contributed by atoms with Gasteiger partial charge in [-0.1, -0.05) is 12.1 Å². The highest BCUT2D eigenvalue weighted by atomic mass is 19.4. The van der Waals surface area contributed by atoms with Crippen molar-refractivity contribution in [2.75, 3.05) is 0 Å². The van der Waals surface area contributed by atoms with Crippen molar-refractivity contribution in [1.82, 2.24) is 14.9 Å². The van der Waals surface area contributed by atoms with E-state index in [1.54, 1.807) is 19.9 Å². The van der Waals surface area contributed by atoms with Crippen LogP contribution in [0.5, 0.6) is 0 Å². The Balaban J connectivity index is 2.06. The molecule has 0 spiro atoms. The van der Waals surface area contributed by atoms with Crippen LogP contribution in [0.25, 0.3) is 11.0 Å². The van der Waals surface area contributed by atoms with Crippen molar-refractivity contribution in [1.29, 1.82) is 0 Å². The van der Waals surface area contributed by atoms with E-state index in [-0.39, 0.29) is 17.6 Å². The minimum atomic E-state index is -4.97. The lowest BCUT2D eigenvalue weighted by molar-refractivity contribution is -0.142. The van der Waals surface area contributed by atoms with Gasteiger partial charge in [0.2, 0.25) is 11.6 Å². The third kappa shape index (κ3) is 4.19. The predicted molar refractivity (Wildman–Crippen MR) is 103 cm³/mol. The summed E-state index contributed by atoms with van der Waals surface area (Å²) in [4.78, 5) is 28.8. The number of hydrogen-bond acceptors (Lipinski definition) is 3. The third-order valence-corrected chi connectivity index (χ3v) is 4.90. The quantitative estimate of drug-likeness (QED) is 0.647. The van der Waals surface area contributed by atoms with Gasteiger partial charge in [0.25, 0.3) is 5.56 Å². The van der Waals surface area contributed by atoms with E-state index in [1.807, 2.05) is 0 Å². The van der Waals surface area contributed by atoms with Crippen LogP contribution < -0.4 is 10.9 Å². The molecule has 3 aromatic rings. The Labute approximate surface area is 169 Å². The van der Waals surface area contributed by atoms with E-state index in [0.717, 1.165) is 10.1 Å². The zero-order valence-electron chi connectivity index (χ0n) is 16.5. The normalized spacial score (nSPS) is 12.8. The van der Waals surface area contributed by atoms with E-state index < -0.39 is 35.2 Å². The fourth-order valence-electron chi connectivity index (χ4n) is 3.13. The number of hydrogen-bond donors (Lipinski definition) is 1. The van der Waals surface area contributed by atoms with Crippen molar-refractivity contribution in [3.05, 3.63) is 75.0 Å².